The zero-order chi connectivity index (χ0) is 40.1. The number of anilines is 6. The summed E-state index contributed by atoms with van der Waals surface area (Å²) in [6.07, 6.45) is 0. The zero-order valence-electron chi connectivity index (χ0n) is 32.8. The molecule has 0 N–H and O–H groups in total. The number of nitrogens with zero attached hydrogens (tertiary/aromatic N) is 2. The maximum Gasteiger partial charge on any atom is 0.0462 e. The first-order valence-corrected chi connectivity index (χ1v) is 21.8. The van der Waals surface area contributed by atoms with E-state index in [1.807, 2.05) is 22.7 Å². The summed E-state index contributed by atoms with van der Waals surface area (Å²) in [7, 11) is 0. The Morgan fingerprint density at radius 2 is 0.400 bits per heavy atom. The second-order valence-electron chi connectivity index (χ2n) is 14.6. The number of hydrogen-bond acceptors (Lipinski definition) is 4. The van der Waals surface area contributed by atoms with Crippen molar-refractivity contribution in [2.24, 2.45) is 0 Å². The molecule has 10 rings (SSSR count). The van der Waals surface area contributed by atoms with Crippen molar-refractivity contribution in [3.63, 3.8) is 0 Å². The van der Waals surface area contributed by atoms with Crippen LogP contribution >= 0.6 is 22.7 Å². The predicted octanol–water partition coefficient (Wildman–Crippen LogP) is 17.1. The highest BCUT2D eigenvalue weighted by Crippen LogP contribution is 2.41. The SMILES string of the molecule is c1ccc(-c2ccc(-c3ccc(N(c4ccccc4)c4ccc(-c5ccc(N(c6ccccc6)c6ccc(-c7ccc(-c8ccccc8)s7)cc6)cc5)cc4)cc3)s2)cc1. The van der Waals surface area contributed by atoms with Crippen LogP contribution in [0.1, 0.15) is 0 Å². The van der Waals surface area contributed by atoms with E-state index in [0.29, 0.717) is 0 Å². The molecule has 8 aromatic carbocycles. The van der Waals surface area contributed by atoms with Gasteiger partial charge in [0.2, 0.25) is 0 Å². The Labute approximate surface area is 360 Å². The highest BCUT2D eigenvalue weighted by atomic mass is 32.1. The molecular weight excluding hydrogens is 765 g/mol. The molecule has 0 fully saturated rings. The standard InChI is InChI=1S/C56H40N2S2/c1-5-13-43(14-6-1)53-37-39-55(59-53)45-25-33-51(34-26-45)57(47-17-9-3-10-18-47)49-29-21-41(22-30-49)42-23-31-50(32-24-42)58(48-19-11-4-12-20-48)52-35-27-46(28-36-52)56-40-38-54(60-56)44-15-7-2-8-16-44/h1-40H. The molecule has 0 aliphatic carbocycles. The van der Waals surface area contributed by atoms with Crippen LogP contribution in [0.2, 0.25) is 0 Å². The van der Waals surface area contributed by atoms with Crippen LogP contribution in [0.3, 0.4) is 0 Å². The Bertz CT molecular complexity index is 2710. The predicted molar refractivity (Wildman–Crippen MR) is 259 cm³/mol. The van der Waals surface area contributed by atoms with Gasteiger partial charge in [0.05, 0.1) is 0 Å². The van der Waals surface area contributed by atoms with Gasteiger partial charge in [-0.25, -0.2) is 0 Å². The molecule has 2 aromatic heterocycles. The highest BCUT2D eigenvalue weighted by molar-refractivity contribution is 7.19. The van der Waals surface area contributed by atoms with E-state index in [2.05, 4.69) is 252 Å². The van der Waals surface area contributed by atoms with Crippen LogP contribution in [0.25, 0.3) is 52.9 Å². The van der Waals surface area contributed by atoms with Crippen LogP contribution in [-0.4, -0.2) is 0 Å². The van der Waals surface area contributed by atoms with Crippen molar-refractivity contribution in [3.8, 4) is 52.9 Å². The number of para-hydroxylation sites is 2. The first kappa shape index (κ1) is 37.1. The molecule has 2 nitrogen and oxygen atoms in total. The van der Waals surface area contributed by atoms with E-state index in [0.717, 1.165) is 34.1 Å². The van der Waals surface area contributed by atoms with Crippen molar-refractivity contribution in [1.29, 1.82) is 0 Å². The topological polar surface area (TPSA) is 6.48 Å². The summed E-state index contributed by atoms with van der Waals surface area (Å²) < 4.78 is 0. The molecular formula is C56H40N2S2. The second-order valence-corrected chi connectivity index (χ2v) is 16.8. The summed E-state index contributed by atoms with van der Waals surface area (Å²) >= 11 is 3.66. The molecule has 0 unspecified atom stereocenters. The van der Waals surface area contributed by atoms with Crippen molar-refractivity contribution in [1.82, 2.24) is 0 Å². The van der Waals surface area contributed by atoms with Crippen LogP contribution in [0.4, 0.5) is 34.1 Å². The monoisotopic (exact) mass is 804 g/mol. The Morgan fingerprint density at radius 3 is 0.683 bits per heavy atom. The lowest BCUT2D eigenvalue weighted by Crippen LogP contribution is -2.10. The molecule has 0 atom stereocenters. The minimum absolute atomic E-state index is 1.11. The van der Waals surface area contributed by atoms with Crippen LogP contribution in [0.15, 0.2) is 243 Å². The van der Waals surface area contributed by atoms with E-state index in [-0.39, 0.29) is 0 Å². The van der Waals surface area contributed by atoms with Gasteiger partial charge >= 0.3 is 0 Å². The summed E-state index contributed by atoms with van der Waals surface area (Å²) in [5.74, 6) is 0. The smallest absolute Gasteiger partial charge is 0.0462 e. The van der Waals surface area contributed by atoms with Crippen molar-refractivity contribution in [3.05, 3.63) is 243 Å². The molecule has 0 spiro atoms. The van der Waals surface area contributed by atoms with E-state index < -0.39 is 0 Å². The summed E-state index contributed by atoms with van der Waals surface area (Å²) in [5, 5.41) is 0. The van der Waals surface area contributed by atoms with Gasteiger partial charge in [-0.1, -0.05) is 146 Å². The molecule has 4 heteroatoms. The first-order valence-electron chi connectivity index (χ1n) is 20.2. The fourth-order valence-electron chi connectivity index (χ4n) is 7.71. The zero-order valence-corrected chi connectivity index (χ0v) is 34.4. The molecule has 0 saturated heterocycles. The van der Waals surface area contributed by atoms with Gasteiger partial charge in [-0.3, -0.25) is 0 Å². The minimum Gasteiger partial charge on any atom is -0.311 e. The number of rotatable bonds is 11. The van der Waals surface area contributed by atoms with Crippen LogP contribution < -0.4 is 9.80 Å². The molecule has 2 heterocycles. The van der Waals surface area contributed by atoms with Crippen LogP contribution in [-0.2, 0) is 0 Å². The maximum atomic E-state index is 2.32. The number of benzene rings is 8. The quantitative estimate of drug-likeness (QED) is 0.128. The molecule has 10 aromatic rings. The van der Waals surface area contributed by atoms with Gasteiger partial charge in [0.1, 0.15) is 0 Å². The average Bonchev–Trinajstić information content (AvgIpc) is 4.04. The lowest BCUT2D eigenvalue weighted by Gasteiger charge is -2.26. The first-order chi connectivity index (χ1) is 29.7. The van der Waals surface area contributed by atoms with Crippen LogP contribution in [0, 0.1) is 0 Å². The summed E-state index contributed by atoms with van der Waals surface area (Å²) in [6.45, 7) is 0. The molecule has 0 aliphatic rings. The van der Waals surface area contributed by atoms with E-state index in [1.54, 1.807) is 0 Å². The van der Waals surface area contributed by atoms with E-state index in [9.17, 15) is 0 Å². The minimum atomic E-state index is 1.11. The van der Waals surface area contributed by atoms with Crippen molar-refractivity contribution >= 4 is 56.8 Å². The van der Waals surface area contributed by atoms with Gasteiger partial charge in [-0.15, -0.1) is 22.7 Å². The third kappa shape index (κ3) is 7.82. The fourth-order valence-corrected chi connectivity index (χ4v) is 9.74. The molecule has 0 radical (unpaired) electrons. The molecule has 60 heavy (non-hydrogen) atoms. The Balaban J connectivity index is 0.899. The molecule has 0 bridgehead atoms. The normalized spacial score (nSPS) is 11.0. The van der Waals surface area contributed by atoms with Gasteiger partial charge in [0.25, 0.3) is 0 Å². The lowest BCUT2D eigenvalue weighted by molar-refractivity contribution is 1.28. The van der Waals surface area contributed by atoms with Crippen LogP contribution in [0.5, 0.6) is 0 Å². The Hall–Kier alpha value is -7.24. The van der Waals surface area contributed by atoms with E-state index >= 15 is 0 Å². The largest absolute Gasteiger partial charge is 0.311 e. The molecule has 0 amide bonds. The Morgan fingerprint density at radius 1 is 0.183 bits per heavy atom. The van der Waals surface area contributed by atoms with Crippen molar-refractivity contribution in [2.75, 3.05) is 9.80 Å². The van der Waals surface area contributed by atoms with Gasteiger partial charge in [0.15, 0.2) is 0 Å². The lowest BCUT2D eigenvalue weighted by atomic mass is 10.0. The molecule has 0 saturated carbocycles. The third-order valence-corrected chi connectivity index (χ3v) is 13.1. The highest BCUT2D eigenvalue weighted by Gasteiger charge is 2.16. The molecule has 0 aliphatic heterocycles. The van der Waals surface area contributed by atoms with E-state index in [1.165, 1.54) is 52.9 Å². The van der Waals surface area contributed by atoms with Crippen molar-refractivity contribution < 1.29 is 0 Å². The van der Waals surface area contributed by atoms with Gasteiger partial charge < -0.3 is 9.80 Å². The van der Waals surface area contributed by atoms with Crippen molar-refractivity contribution in [2.45, 2.75) is 0 Å². The third-order valence-electron chi connectivity index (χ3n) is 10.8. The fraction of sp³-hybridized carbons (Fsp3) is 0. The van der Waals surface area contributed by atoms with Gasteiger partial charge in [-0.2, -0.15) is 0 Å². The second kappa shape index (κ2) is 16.9. The van der Waals surface area contributed by atoms with Gasteiger partial charge in [0, 0.05) is 53.6 Å². The summed E-state index contributed by atoms with van der Waals surface area (Å²) in [6, 6.07) is 87.0. The van der Waals surface area contributed by atoms with Gasteiger partial charge in [-0.05, 0) is 130 Å². The maximum absolute atomic E-state index is 2.32. The summed E-state index contributed by atoms with van der Waals surface area (Å²) in [5.41, 5.74) is 14.0. The summed E-state index contributed by atoms with van der Waals surface area (Å²) in [4.78, 5) is 9.73. The number of thiophene rings is 2. The Kier molecular flexibility index (Phi) is 10.5. The average molecular weight is 805 g/mol. The van der Waals surface area contributed by atoms with E-state index in [4.69, 9.17) is 0 Å². The number of hydrogen-bond donors (Lipinski definition) is 0. The molecule has 286 valence electrons.